The molecule has 0 saturated carbocycles. The van der Waals surface area contributed by atoms with Crippen LogP contribution in [0.3, 0.4) is 0 Å². The highest BCUT2D eigenvalue weighted by atomic mass is 35.5. The quantitative estimate of drug-likeness (QED) is 0.523. The first-order valence-electron chi connectivity index (χ1n) is 11.5. The number of benzene rings is 1. The molecule has 4 heterocycles. The topological polar surface area (TPSA) is 99.6 Å². The summed E-state index contributed by atoms with van der Waals surface area (Å²) >= 11 is 6.75. The number of anilines is 2. The monoisotopic (exact) mass is 505 g/mol. The summed E-state index contributed by atoms with van der Waals surface area (Å²) < 4.78 is 34.9. The highest BCUT2D eigenvalue weighted by molar-refractivity contribution is 6.34. The fraction of sp³-hybridized carbons (Fsp3) is 0.458. The van der Waals surface area contributed by atoms with Gasteiger partial charge in [0.1, 0.15) is 0 Å². The third kappa shape index (κ3) is 4.77. The Kier molecular flexibility index (Phi) is 6.27. The van der Waals surface area contributed by atoms with Crippen LogP contribution in [0.2, 0.25) is 5.02 Å². The van der Waals surface area contributed by atoms with Crippen molar-refractivity contribution in [2.45, 2.75) is 69.4 Å². The number of aromatic nitrogens is 1. The van der Waals surface area contributed by atoms with Crippen molar-refractivity contribution in [1.29, 1.82) is 5.41 Å². The number of ether oxygens (including phenoxy) is 2. The molecule has 3 N–H and O–H groups in total. The maximum Gasteiger partial charge on any atom is 0.388 e. The second kappa shape index (κ2) is 9.23. The number of carbonyl (C=O) groups is 1. The molecular weight excluding hydrogens is 480 g/mol. The Morgan fingerprint density at radius 3 is 2.66 bits per heavy atom. The lowest BCUT2D eigenvalue weighted by molar-refractivity contribution is -0.135. The van der Waals surface area contributed by atoms with E-state index in [1.807, 2.05) is 13.0 Å². The minimum atomic E-state index is -2.95. The number of halogens is 3. The van der Waals surface area contributed by atoms with Gasteiger partial charge in [0.25, 0.3) is 0 Å². The Balaban J connectivity index is 1.33. The fourth-order valence-corrected chi connectivity index (χ4v) is 5.67. The molecule has 0 aliphatic carbocycles. The SMILES string of the molecule is C[C@@]1(c2cccc(Nc3ccc(OC(F)F)nc3)c2Cl)CC(=O)N(C2C[C@H]3CC[C@@H](C2)O3)C(=N)N1. The van der Waals surface area contributed by atoms with Gasteiger partial charge in [0.15, 0.2) is 5.96 Å². The lowest BCUT2D eigenvalue weighted by Crippen LogP contribution is -2.63. The van der Waals surface area contributed by atoms with Crippen molar-refractivity contribution in [3.05, 3.63) is 47.1 Å². The molecular formula is C24H26ClF2N5O3. The van der Waals surface area contributed by atoms with Crippen LogP contribution < -0.4 is 15.4 Å². The normalized spacial score (nSPS) is 28.3. The number of hydrogen-bond donors (Lipinski definition) is 3. The summed E-state index contributed by atoms with van der Waals surface area (Å²) in [5.74, 6) is -0.234. The molecule has 3 aliphatic rings. The molecule has 8 nitrogen and oxygen atoms in total. The van der Waals surface area contributed by atoms with Gasteiger partial charge in [-0.05, 0) is 50.3 Å². The number of hydrogen-bond acceptors (Lipinski definition) is 6. The summed E-state index contributed by atoms with van der Waals surface area (Å²) in [7, 11) is 0. The maximum atomic E-state index is 13.3. The zero-order valence-corrected chi connectivity index (χ0v) is 19.8. The molecule has 1 aromatic heterocycles. The highest BCUT2D eigenvalue weighted by Crippen LogP contribution is 2.41. The van der Waals surface area contributed by atoms with Crippen molar-refractivity contribution in [3.8, 4) is 5.88 Å². The average Bonchev–Trinajstić information content (AvgIpc) is 3.13. The van der Waals surface area contributed by atoms with E-state index in [4.69, 9.17) is 21.7 Å². The molecule has 2 bridgehead atoms. The van der Waals surface area contributed by atoms with Crippen LogP contribution in [0.15, 0.2) is 36.5 Å². The molecule has 1 unspecified atom stereocenters. The van der Waals surface area contributed by atoms with Crippen LogP contribution in [-0.4, -0.2) is 46.6 Å². The number of nitrogens with zero attached hydrogens (tertiary/aromatic N) is 2. The van der Waals surface area contributed by atoms with Gasteiger partial charge in [-0.15, -0.1) is 0 Å². The van der Waals surface area contributed by atoms with Gasteiger partial charge in [-0.1, -0.05) is 23.7 Å². The molecule has 1 aromatic carbocycles. The zero-order chi connectivity index (χ0) is 24.7. The second-order valence-electron chi connectivity index (χ2n) is 9.38. The van der Waals surface area contributed by atoms with Crippen LogP contribution in [-0.2, 0) is 15.1 Å². The molecule has 3 saturated heterocycles. The third-order valence-corrected chi connectivity index (χ3v) is 7.26. The van der Waals surface area contributed by atoms with Crippen molar-refractivity contribution >= 4 is 34.8 Å². The number of rotatable bonds is 6. The van der Waals surface area contributed by atoms with Gasteiger partial charge >= 0.3 is 6.61 Å². The minimum Gasteiger partial charge on any atom is -0.417 e. The number of nitrogens with one attached hydrogen (secondary N) is 3. The first kappa shape index (κ1) is 23.7. The van der Waals surface area contributed by atoms with Crippen molar-refractivity contribution in [2.24, 2.45) is 0 Å². The predicted molar refractivity (Wildman–Crippen MR) is 126 cm³/mol. The minimum absolute atomic E-state index is 0.0358. The summed E-state index contributed by atoms with van der Waals surface area (Å²) in [5, 5.41) is 15.4. The van der Waals surface area contributed by atoms with Gasteiger partial charge in [0.05, 0.1) is 46.8 Å². The maximum absolute atomic E-state index is 13.3. The van der Waals surface area contributed by atoms with Crippen LogP contribution >= 0.6 is 11.6 Å². The Morgan fingerprint density at radius 2 is 2.03 bits per heavy atom. The summed E-state index contributed by atoms with van der Waals surface area (Å²) in [6.07, 6.45) is 5.34. The van der Waals surface area contributed by atoms with Crippen LogP contribution in [0.25, 0.3) is 0 Å². The van der Waals surface area contributed by atoms with E-state index in [0.717, 1.165) is 25.7 Å². The molecule has 186 valence electrons. The predicted octanol–water partition coefficient (Wildman–Crippen LogP) is 4.76. The lowest BCUT2D eigenvalue weighted by atomic mass is 9.85. The van der Waals surface area contributed by atoms with E-state index in [1.165, 1.54) is 12.3 Å². The summed E-state index contributed by atoms with van der Waals surface area (Å²) in [4.78, 5) is 18.7. The zero-order valence-electron chi connectivity index (χ0n) is 19.1. The smallest absolute Gasteiger partial charge is 0.388 e. The second-order valence-corrected chi connectivity index (χ2v) is 9.76. The lowest BCUT2D eigenvalue weighted by Gasteiger charge is -2.45. The average molecular weight is 506 g/mol. The molecule has 35 heavy (non-hydrogen) atoms. The molecule has 0 radical (unpaired) electrons. The Bertz CT molecular complexity index is 1100. The van der Waals surface area contributed by atoms with E-state index in [-0.39, 0.29) is 42.4 Å². The fourth-order valence-electron chi connectivity index (χ4n) is 5.29. The molecule has 0 spiro atoms. The number of fused-ring (bicyclic) bond motifs is 2. The molecule has 4 atom stereocenters. The first-order valence-corrected chi connectivity index (χ1v) is 11.9. The van der Waals surface area contributed by atoms with E-state index >= 15 is 0 Å². The van der Waals surface area contributed by atoms with E-state index in [0.29, 0.717) is 22.0 Å². The first-order chi connectivity index (χ1) is 16.7. The van der Waals surface area contributed by atoms with Crippen LogP contribution in [0.4, 0.5) is 20.2 Å². The molecule has 3 fully saturated rings. The van der Waals surface area contributed by atoms with E-state index < -0.39 is 12.2 Å². The molecule has 5 rings (SSSR count). The highest BCUT2D eigenvalue weighted by Gasteiger charge is 2.46. The Hall–Kier alpha value is -2.98. The van der Waals surface area contributed by atoms with Crippen LogP contribution in [0, 0.1) is 5.41 Å². The number of guanidine groups is 1. The van der Waals surface area contributed by atoms with Crippen LogP contribution in [0.5, 0.6) is 5.88 Å². The molecule has 11 heteroatoms. The van der Waals surface area contributed by atoms with E-state index in [2.05, 4.69) is 20.4 Å². The summed E-state index contributed by atoms with van der Waals surface area (Å²) in [6, 6.07) is 8.22. The number of pyridine rings is 1. The number of carbonyl (C=O) groups excluding carboxylic acids is 1. The molecule has 1 amide bonds. The van der Waals surface area contributed by atoms with Gasteiger partial charge in [-0.3, -0.25) is 15.1 Å². The number of alkyl halides is 2. The van der Waals surface area contributed by atoms with Gasteiger partial charge in [-0.25, -0.2) is 4.98 Å². The van der Waals surface area contributed by atoms with E-state index in [9.17, 15) is 13.6 Å². The van der Waals surface area contributed by atoms with Crippen LogP contribution in [0.1, 0.15) is 44.6 Å². The van der Waals surface area contributed by atoms with Crippen molar-refractivity contribution in [2.75, 3.05) is 5.32 Å². The van der Waals surface area contributed by atoms with Gasteiger partial charge in [0.2, 0.25) is 11.8 Å². The third-order valence-electron chi connectivity index (χ3n) is 6.86. The number of amides is 1. The Labute approximate surface area is 206 Å². The summed E-state index contributed by atoms with van der Waals surface area (Å²) in [5.41, 5.74) is 0.867. The van der Waals surface area contributed by atoms with E-state index in [1.54, 1.807) is 23.1 Å². The van der Waals surface area contributed by atoms with Crippen molar-refractivity contribution in [1.82, 2.24) is 15.2 Å². The van der Waals surface area contributed by atoms with Crippen molar-refractivity contribution in [3.63, 3.8) is 0 Å². The van der Waals surface area contributed by atoms with Gasteiger partial charge in [-0.2, -0.15) is 8.78 Å². The molecule has 3 aliphatic heterocycles. The van der Waals surface area contributed by atoms with Gasteiger partial charge in [0, 0.05) is 12.1 Å². The summed E-state index contributed by atoms with van der Waals surface area (Å²) in [6.45, 7) is -1.09. The Morgan fingerprint density at radius 1 is 1.29 bits per heavy atom. The van der Waals surface area contributed by atoms with Gasteiger partial charge < -0.3 is 20.1 Å². The largest absolute Gasteiger partial charge is 0.417 e. The molecule has 2 aromatic rings. The van der Waals surface area contributed by atoms with Crippen molar-refractivity contribution < 1.29 is 23.0 Å². The standard InChI is InChI=1S/C24H26ClF2N5O3/c1-24(11-20(33)32(23(28)31-24)14-9-15-6-7-16(10-14)34-15)17-3-2-4-18(21(17)25)30-13-5-8-19(29-12-13)35-22(26)27/h2-5,8,12,14-16,22,30H,6-7,9-11H2,1H3,(H2,28,31)/t14?,15-,16+,24-/m0/s1.